The van der Waals surface area contributed by atoms with Gasteiger partial charge in [-0.1, -0.05) is 32.0 Å². The van der Waals surface area contributed by atoms with Crippen LogP contribution in [-0.2, 0) is 6.54 Å². The van der Waals surface area contributed by atoms with E-state index in [1.54, 1.807) is 0 Å². The van der Waals surface area contributed by atoms with Crippen molar-refractivity contribution in [2.75, 3.05) is 6.54 Å². The van der Waals surface area contributed by atoms with Gasteiger partial charge >= 0.3 is 0 Å². The maximum atomic E-state index is 5.66. The highest BCUT2D eigenvalue weighted by Crippen LogP contribution is 2.30. The first-order chi connectivity index (χ1) is 10.3. The molecule has 0 bridgehead atoms. The number of rotatable bonds is 5. The molecule has 0 aliphatic rings. The molecule has 110 valence electrons. The molecule has 3 rings (SSSR count). The number of aromatic nitrogens is 3. The van der Waals surface area contributed by atoms with Crippen molar-refractivity contribution in [2.24, 2.45) is 5.73 Å². The average Bonchev–Trinajstić information content (AvgIpc) is 2.95. The lowest BCUT2D eigenvalue weighted by atomic mass is 10.0. The molecule has 0 aliphatic carbocycles. The third-order valence-electron chi connectivity index (χ3n) is 4.16. The van der Waals surface area contributed by atoms with E-state index in [2.05, 4.69) is 41.6 Å². The van der Waals surface area contributed by atoms with Crippen LogP contribution in [0.2, 0.25) is 0 Å². The number of aryl methyl sites for hydroxylation is 1. The van der Waals surface area contributed by atoms with Crippen LogP contribution in [0.3, 0.4) is 0 Å². The molecule has 2 aromatic heterocycles. The van der Waals surface area contributed by atoms with Crippen molar-refractivity contribution in [2.45, 2.75) is 39.2 Å². The van der Waals surface area contributed by atoms with E-state index in [0.29, 0.717) is 12.5 Å². The molecule has 4 nitrogen and oxygen atoms in total. The van der Waals surface area contributed by atoms with Crippen LogP contribution < -0.4 is 5.73 Å². The van der Waals surface area contributed by atoms with Gasteiger partial charge in [0.25, 0.3) is 0 Å². The van der Waals surface area contributed by atoms with E-state index >= 15 is 0 Å². The van der Waals surface area contributed by atoms with Crippen molar-refractivity contribution in [3.8, 4) is 0 Å². The molecule has 21 heavy (non-hydrogen) atoms. The van der Waals surface area contributed by atoms with Gasteiger partial charge < -0.3 is 10.3 Å². The summed E-state index contributed by atoms with van der Waals surface area (Å²) in [6.45, 7) is 6.01. The number of hydrogen-bond acceptors (Lipinski definition) is 3. The predicted octanol–water partition coefficient (Wildman–Crippen LogP) is 3.45. The number of imidazole rings is 1. The summed E-state index contributed by atoms with van der Waals surface area (Å²) in [7, 11) is 0. The predicted molar refractivity (Wildman–Crippen MR) is 87.4 cm³/mol. The summed E-state index contributed by atoms with van der Waals surface area (Å²) in [4.78, 5) is 9.52. The Morgan fingerprint density at radius 2 is 2.10 bits per heavy atom. The topological polar surface area (TPSA) is 56.7 Å². The first-order valence-corrected chi connectivity index (χ1v) is 7.69. The molecule has 0 radical (unpaired) electrons. The normalized spacial score (nSPS) is 13.1. The fraction of sp³-hybridized carbons (Fsp3) is 0.412. The SMILES string of the molecule is CCC(C)c1nc2ccccc2c2c1ncn2CCCN. The van der Waals surface area contributed by atoms with Gasteiger partial charge in [0.15, 0.2) is 0 Å². The lowest BCUT2D eigenvalue weighted by Gasteiger charge is -2.12. The quantitative estimate of drug-likeness (QED) is 0.779. The molecular weight excluding hydrogens is 260 g/mol. The zero-order chi connectivity index (χ0) is 14.8. The van der Waals surface area contributed by atoms with Gasteiger partial charge in [-0.2, -0.15) is 0 Å². The highest BCUT2D eigenvalue weighted by Gasteiger charge is 2.16. The number of para-hydroxylation sites is 1. The van der Waals surface area contributed by atoms with Gasteiger partial charge in [0.05, 0.1) is 23.1 Å². The van der Waals surface area contributed by atoms with E-state index in [1.165, 1.54) is 10.9 Å². The molecule has 0 spiro atoms. The van der Waals surface area contributed by atoms with Crippen molar-refractivity contribution >= 4 is 21.9 Å². The number of fused-ring (bicyclic) bond motifs is 3. The van der Waals surface area contributed by atoms with Crippen LogP contribution in [0.4, 0.5) is 0 Å². The van der Waals surface area contributed by atoms with Crippen LogP contribution in [0.25, 0.3) is 21.9 Å². The minimum atomic E-state index is 0.412. The Morgan fingerprint density at radius 3 is 2.86 bits per heavy atom. The summed E-state index contributed by atoms with van der Waals surface area (Å²) in [6.07, 6.45) is 3.96. The van der Waals surface area contributed by atoms with Crippen molar-refractivity contribution in [3.63, 3.8) is 0 Å². The molecule has 1 aromatic carbocycles. The van der Waals surface area contributed by atoms with Gasteiger partial charge in [-0.25, -0.2) is 4.98 Å². The molecule has 1 unspecified atom stereocenters. The minimum absolute atomic E-state index is 0.412. The van der Waals surface area contributed by atoms with E-state index in [4.69, 9.17) is 10.7 Å². The van der Waals surface area contributed by atoms with Crippen molar-refractivity contribution in [1.29, 1.82) is 0 Å². The summed E-state index contributed by atoms with van der Waals surface area (Å²) >= 11 is 0. The average molecular weight is 282 g/mol. The zero-order valence-corrected chi connectivity index (χ0v) is 12.7. The fourth-order valence-electron chi connectivity index (χ4n) is 2.77. The first-order valence-electron chi connectivity index (χ1n) is 7.69. The van der Waals surface area contributed by atoms with Gasteiger partial charge in [0.1, 0.15) is 5.52 Å². The molecule has 2 heterocycles. The van der Waals surface area contributed by atoms with E-state index in [9.17, 15) is 0 Å². The largest absolute Gasteiger partial charge is 0.330 e. The summed E-state index contributed by atoms with van der Waals surface area (Å²) in [5.41, 5.74) is 10.1. The van der Waals surface area contributed by atoms with Gasteiger partial charge in [-0.15, -0.1) is 0 Å². The maximum absolute atomic E-state index is 5.66. The molecule has 0 amide bonds. The van der Waals surface area contributed by atoms with Crippen LogP contribution in [0.1, 0.15) is 38.3 Å². The van der Waals surface area contributed by atoms with Crippen LogP contribution in [-0.4, -0.2) is 21.1 Å². The molecule has 3 aromatic rings. The molecule has 0 fully saturated rings. The molecule has 0 aliphatic heterocycles. The summed E-state index contributed by atoms with van der Waals surface area (Å²) < 4.78 is 2.22. The van der Waals surface area contributed by atoms with Crippen LogP contribution in [0.15, 0.2) is 30.6 Å². The summed E-state index contributed by atoms with van der Waals surface area (Å²) in [5.74, 6) is 0.412. The summed E-state index contributed by atoms with van der Waals surface area (Å²) in [6, 6.07) is 8.32. The minimum Gasteiger partial charge on any atom is -0.330 e. The standard InChI is InChI=1S/C17H22N4/c1-3-12(2)15-16-17(21(11-19-16)10-6-9-18)13-7-4-5-8-14(13)20-15/h4-5,7-8,11-12H,3,6,9-10,18H2,1-2H3. The third kappa shape index (κ3) is 2.40. The summed E-state index contributed by atoms with van der Waals surface area (Å²) in [5, 5.41) is 1.18. The highest BCUT2D eigenvalue weighted by molar-refractivity contribution is 6.03. The second kappa shape index (κ2) is 5.82. The lowest BCUT2D eigenvalue weighted by molar-refractivity contribution is 0.666. The smallest absolute Gasteiger partial charge is 0.111 e. The Morgan fingerprint density at radius 1 is 1.29 bits per heavy atom. The first kappa shape index (κ1) is 14.0. The molecule has 1 atom stereocenters. The third-order valence-corrected chi connectivity index (χ3v) is 4.16. The van der Waals surface area contributed by atoms with Crippen molar-refractivity contribution in [1.82, 2.24) is 14.5 Å². The van der Waals surface area contributed by atoms with Gasteiger partial charge in [-0.05, 0) is 25.5 Å². The van der Waals surface area contributed by atoms with Crippen LogP contribution in [0.5, 0.6) is 0 Å². The maximum Gasteiger partial charge on any atom is 0.111 e. The Kier molecular flexibility index (Phi) is 3.88. The van der Waals surface area contributed by atoms with Gasteiger partial charge in [0, 0.05) is 17.8 Å². The monoisotopic (exact) mass is 282 g/mol. The van der Waals surface area contributed by atoms with E-state index in [0.717, 1.165) is 36.1 Å². The Bertz CT molecular complexity index is 760. The fourth-order valence-corrected chi connectivity index (χ4v) is 2.77. The zero-order valence-electron chi connectivity index (χ0n) is 12.7. The molecule has 2 N–H and O–H groups in total. The van der Waals surface area contributed by atoms with Crippen molar-refractivity contribution in [3.05, 3.63) is 36.3 Å². The Hall–Kier alpha value is -1.94. The molecule has 0 saturated carbocycles. The molecule has 4 heteroatoms. The second-order valence-electron chi connectivity index (χ2n) is 5.60. The second-order valence-corrected chi connectivity index (χ2v) is 5.60. The van der Waals surface area contributed by atoms with Gasteiger partial charge in [-0.3, -0.25) is 4.98 Å². The van der Waals surface area contributed by atoms with E-state index in [1.807, 2.05) is 12.4 Å². The number of hydrogen-bond donors (Lipinski definition) is 1. The van der Waals surface area contributed by atoms with Crippen LogP contribution >= 0.6 is 0 Å². The van der Waals surface area contributed by atoms with Crippen LogP contribution in [0, 0.1) is 0 Å². The number of benzene rings is 1. The Labute approximate surface area is 125 Å². The molecular formula is C17H22N4. The number of pyridine rings is 1. The van der Waals surface area contributed by atoms with Gasteiger partial charge in [0.2, 0.25) is 0 Å². The number of nitrogens with zero attached hydrogens (tertiary/aromatic N) is 3. The lowest BCUT2D eigenvalue weighted by Crippen LogP contribution is -2.05. The molecule has 0 saturated heterocycles. The van der Waals surface area contributed by atoms with E-state index in [-0.39, 0.29) is 0 Å². The number of nitrogens with two attached hydrogens (primary N) is 1. The van der Waals surface area contributed by atoms with E-state index < -0.39 is 0 Å². The van der Waals surface area contributed by atoms with Crippen molar-refractivity contribution < 1.29 is 0 Å². The highest BCUT2D eigenvalue weighted by atomic mass is 15.1. The Balaban J connectivity index is 2.31.